The number of aliphatic carboxylic acids is 1. The molecule has 5 aliphatic carbocycles. The molecular formula is C49H79N3O9. The Morgan fingerprint density at radius 2 is 1.52 bits per heavy atom. The molecule has 0 aromatic heterocycles. The van der Waals surface area contributed by atoms with Gasteiger partial charge in [-0.2, -0.15) is 0 Å². The number of nitrogens with one attached hydrogen (secondary N) is 2. The number of hydrogen-bond acceptors (Lipinski definition) is 8. The number of primary amides is 1. The van der Waals surface area contributed by atoms with Crippen molar-refractivity contribution in [1.82, 2.24) is 10.6 Å². The lowest BCUT2D eigenvalue weighted by molar-refractivity contribution is -0.249. The van der Waals surface area contributed by atoms with Gasteiger partial charge in [0, 0.05) is 24.8 Å². The summed E-state index contributed by atoms with van der Waals surface area (Å²) in [5, 5.41) is 15.7. The van der Waals surface area contributed by atoms with Crippen LogP contribution in [0.3, 0.4) is 0 Å². The molecule has 0 aromatic rings. The molecule has 5 saturated carbocycles. The van der Waals surface area contributed by atoms with E-state index >= 15 is 0 Å². The number of allylic oxidation sites excluding steroid dienone is 1. The number of rotatable bonds is 18. The van der Waals surface area contributed by atoms with E-state index in [-0.39, 0.29) is 71.2 Å². The lowest BCUT2D eigenvalue weighted by Crippen LogP contribution is -2.67. The quantitative estimate of drug-likeness (QED) is 0.0600. The number of hydrogen-bond donors (Lipinski definition) is 4. The van der Waals surface area contributed by atoms with E-state index in [1.54, 1.807) is 13.8 Å². The molecule has 12 nitrogen and oxygen atoms in total. The average Bonchev–Trinajstić information content (AvgIpc) is 3.58. The van der Waals surface area contributed by atoms with Gasteiger partial charge in [-0.3, -0.25) is 24.0 Å². The summed E-state index contributed by atoms with van der Waals surface area (Å²) in [6.45, 7) is 22.6. The van der Waals surface area contributed by atoms with Crippen molar-refractivity contribution < 1.29 is 43.3 Å². The minimum Gasteiger partial charge on any atom is -0.481 e. The molecule has 3 amide bonds. The van der Waals surface area contributed by atoms with Crippen LogP contribution in [0.4, 0.5) is 0 Å². The number of carboxylic acid groups (broad SMARTS) is 1. The molecule has 0 aliphatic heterocycles. The Morgan fingerprint density at radius 3 is 2.16 bits per heavy atom. The summed E-state index contributed by atoms with van der Waals surface area (Å²) >= 11 is 0. The van der Waals surface area contributed by atoms with Crippen molar-refractivity contribution in [2.24, 2.45) is 67.8 Å². The fraction of sp³-hybridized carbons (Fsp3) is 0.837. The van der Waals surface area contributed by atoms with Gasteiger partial charge in [0.1, 0.15) is 12.1 Å². The van der Waals surface area contributed by atoms with Crippen LogP contribution < -0.4 is 16.4 Å². The molecule has 0 unspecified atom stereocenters. The van der Waals surface area contributed by atoms with Crippen molar-refractivity contribution in [3.05, 3.63) is 12.2 Å². The average molecular weight is 854 g/mol. The monoisotopic (exact) mass is 854 g/mol. The third-order valence-electron chi connectivity index (χ3n) is 18.0. The van der Waals surface area contributed by atoms with E-state index in [0.29, 0.717) is 36.6 Å². The van der Waals surface area contributed by atoms with Crippen LogP contribution in [-0.4, -0.2) is 66.5 Å². The summed E-state index contributed by atoms with van der Waals surface area (Å²) in [7, 11) is 1.24. The van der Waals surface area contributed by atoms with Crippen molar-refractivity contribution in [3.8, 4) is 0 Å². The molecule has 5 N–H and O–H groups in total. The highest BCUT2D eigenvalue weighted by molar-refractivity contribution is 5.85. The highest BCUT2D eigenvalue weighted by atomic mass is 16.5. The smallest absolute Gasteiger partial charge is 0.328 e. The first kappa shape index (κ1) is 48.6. The van der Waals surface area contributed by atoms with Crippen LogP contribution in [0.2, 0.25) is 0 Å². The number of unbranched alkanes of at least 4 members (excludes halogenated alkanes) is 3. The Morgan fingerprint density at radius 1 is 0.836 bits per heavy atom. The van der Waals surface area contributed by atoms with E-state index in [0.717, 1.165) is 83.5 Å². The maximum Gasteiger partial charge on any atom is 0.328 e. The zero-order chi connectivity index (χ0) is 45.3. The van der Waals surface area contributed by atoms with E-state index < -0.39 is 40.7 Å². The Balaban J connectivity index is 1.21. The second-order valence-corrected chi connectivity index (χ2v) is 22.1. The Kier molecular flexibility index (Phi) is 14.6. The second-order valence-electron chi connectivity index (χ2n) is 22.1. The standard InChI is InChI=1S/C49H79N3O9/c1-30(2)31-20-25-49(42(57)51-28-14-12-11-13-15-38(54)52-33(41(56)60-10)17-19-37(50)53)27-26-47(8)32(40(31)49)16-18-35-46(7)23-22-36(61-39(55)29-44(3,4)43(58)59)45(5,6)34(46)21-24-48(35,47)9/h31-36,40H,1,11-29H2,2-10H3,(H2,50,53)(H,51,57)(H,52,54)(H,58,59)/t31-,32+,33+,34-,35+,36-,40+,46-,47+,48+,49-/m0/s1. The number of amides is 3. The molecule has 0 aromatic carbocycles. The highest BCUT2D eigenvalue weighted by Gasteiger charge is 2.72. The predicted molar refractivity (Wildman–Crippen MR) is 233 cm³/mol. The SMILES string of the molecule is C=C(C)[C@@H]1CC[C@]2(C(=O)NCCCCCCC(=O)N[C@H](CCC(N)=O)C(=O)OC)CC[C@]3(C)[C@H](CC[C@@H]4[C@@]5(C)CC[C@H](OC(=O)CC(C)(C)C(=O)O)C(C)(C)[C@@H]5CC[C@]43C)[C@@H]12. The largest absolute Gasteiger partial charge is 0.481 e. The van der Waals surface area contributed by atoms with Gasteiger partial charge in [-0.1, -0.05) is 59.6 Å². The van der Waals surface area contributed by atoms with E-state index in [2.05, 4.69) is 58.8 Å². The number of methoxy groups -OCH3 is 1. The molecule has 0 saturated heterocycles. The number of ether oxygens (including phenoxy) is 2. The fourth-order valence-electron chi connectivity index (χ4n) is 14.4. The maximum atomic E-state index is 14.6. The minimum atomic E-state index is -1.17. The van der Waals surface area contributed by atoms with Gasteiger partial charge in [-0.15, -0.1) is 0 Å². The molecule has 0 radical (unpaired) electrons. The topological polar surface area (TPSA) is 191 Å². The second kappa shape index (κ2) is 18.3. The summed E-state index contributed by atoms with van der Waals surface area (Å²) in [4.78, 5) is 75.3. The Labute approximate surface area is 365 Å². The van der Waals surface area contributed by atoms with Crippen LogP contribution in [0, 0.1) is 62.1 Å². The first-order chi connectivity index (χ1) is 28.4. The molecule has 61 heavy (non-hydrogen) atoms. The normalized spacial score (nSPS) is 35.5. The minimum absolute atomic E-state index is 0.0246. The Hall–Kier alpha value is -3.44. The molecule has 5 rings (SSSR count). The number of carboxylic acids is 1. The molecule has 0 bridgehead atoms. The van der Waals surface area contributed by atoms with Gasteiger partial charge in [0.25, 0.3) is 0 Å². The molecule has 0 heterocycles. The zero-order valence-corrected chi connectivity index (χ0v) is 39.0. The molecule has 0 spiro atoms. The number of fused-ring (bicyclic) bond motifs is 7. The number of nitrogens with two attached hydrogens (primary N) is 1. The van der Waals surface area contributed by atoms with E-state index in [1.807, 2.05) is 0 Å². The summed E-state index contributed by atoms with van der Waals surface area (Å²) in [5.74, 6) is -0.760. The molecule has 12 heteroatoms. The predicted octanol–water partition coefficient (Wildman–Crippen LogP) is 8.05. The molecule has 5 aliphatic rings. The summed E-state index contributed by atoms with van der Waals surface area (Å²) in [5.41, 5.74) is 4.83. The summed E-state index contributed by atoms with van der Waals surface area (Å²) < 4.78 is 10.9. The third-order valence-corrected chi connectivity index (χ3v) is 18.0. The zero-order valence-electron chi connectivity index (χ0n) is 39.0. The van der Waals surface area contributed by atoms with Gasteiger partial charge in [0.05, 0.1) is 24.4 Å². The fourth-order valence-corrected chi connectivity index (χ4v) is 14.4. The van der Waals surface area contributed by atoms with Crippen LogP contribution in [0.1, 0.15) is 171 Å². The van der Waals surface area contributed by atoms with Crippen molar-refractivity contribution in [1.29, 1.82) is 0 Å². The van der Waals surface area contributed by atoms with Gasteiger partial charge in [-0.05, 0) is 150 Å². The number of esters is 2. The van der Waals surface area contributed by atoms with Gasteiger partial charge < -0.3 is 30.9 Å². The van der Waals surface area contributed by atoms with Crippen LogP contribution in [0.15, 0.2) is 12.2 Å². The van der Waals surface area contributed by atoms with E-state index in [1.165, 1.54) is 12.7 Å². The Bertz CT molecular complexity index is 1710. The van der Waals surface area contributed by atoms with Crippen LogP contribution >= 0.6 is 0 Å². The van der Waals surface area contributed by atoms with Crippen LogP contribution in [0.25, 0.3) is 0 Å². The van der Waals surface area contributed by atoms with Gasteiger partial charge >= 0.3 is 17.9 Å². The first-order valence-corrected chi connectivity index (χ1v) is 23.4. The number of carbonyl (C=O) groups is 6. The van der Waals surface area contributed by atoms with Crippen molar-refractivity contribution in [2.45, 2.75) is 183 Å². The van der Waals surface area contributed by atoms with E-state index in [4.69, 9.17) is 15.2 Å². The van der Waals surface area contributed by atoms with Crippen LogP contribution in [-0.2, 0) is 38.2 Å². The van der Waals surface area contributed by atoms with Gasteiger partial charge in [0.15, 0.2) is 0 Å². The summed E-state index contributed by atoms with van der Waals surface area (Å²) in [6.07, 6.45) is 13.1. The van der Waals surface area contributed by atoms with Crippen LogP contribution in [0.5, 0.6) is 0 Å². The lowest BCUT2D eigenvalue weighted by Gasteiger charge is -2.72. The lowest BCUT2D eigenvalue weighted by atomic mass is 9.32. The highest BCUT2D eigenvalue weighted by Crippen LogP contribution is 2.77. The molecule has 11 atom stereocenters. The number of carbonyl (C=O) groups excluding carboxylic acids is 5. The maximum absolute atomic E-state index is 14.6. The summed E-state index contributed by atoms with van der Waals surface area (Å²) in [6, 6.07) is -0.900. The van der Waals surface area contributed by atoms with Gasteiger partial charge in [0.2, 0.25) is 17.7 Å². The molecular weight excluding hydrogens is 775 g/mol. The molecule has 5 fully saturated rings. The van der Waals surface area contributed by atoms with E-state index in [9.17, 15) is 33.9 Å². The van der Waals surface area contributed by atoms with Gasteiger partial charge in [-0.25, -0.2) is 4.79 Å². The molecule has 344 valence electrons. The van der Waals surface area contributed by atoms with Crippen molar-refractivity contribution in [3.63, 3.8) is 0 Å². The first-order valence-electron chi connectivity index (χ1n) is 23.4. The van der Waals surface area contributed by atoms with Crippen molar-refractivity contribution in [2.75, 3.05) is 13.7 Å². The van der Waals surface area contributed by atoms with Crippen molar-refractivity contribution >= 4 is 35.6 Å². The third kappa shape index (κ3) is 9.16.